The number of carbonyl (C=O) groups excluding carboxylic acids is 6. The van der Waals surface area contributed by atoms with Gasteiger partial charge in [0.15, 0.2) is 0 Å². The van der Waals surface area contributed by atoms with E-state index in [0.717, 1.165) is 11.1 Å². The van der Waals surface area contributed by atoms with E-state index >= 15 is 0 Å². The van der Waals surface area contributed by atoms with E-state index in [4.69, 9.17) is 9.47 Å². The van der Waals surface area contributed by atoms with Crippen molar-refractivity contribution in [3.8, 4) is 11.1 Å². The molecule has 0 aromatic heterocycles. The number of esters is 2. The molecule has 0 radical (unpaired) electrons. The van der Waals surface area contributed by atoms with E-state index in [-0.39, 0.29) is 35.8 Å². The van der Waals surface area contributed by atoms with Gasteiger partial charge < -0.3 is 30.7 Å². The maximum atomic E-state index is 14.2. The third kappa shape index (κ3) is 11.4. The van der Waals surface area contributed by atoms with Gasteiger partial charge in [0.1, 0.15) is 24.2 Å². The van der Waals surface area contributed by atoms with Crippen LogP contribution >= 0.6 is 0 Å². The lowest BCUT2D eigenvalue weighted by Gasteiger charge is -2.25. The van der Waals surface area contributed by atoms with Crippen LogP contribution in [0.1, 0.15) is 59.5 Å². The van der Waals surface area contributed by atoms with E-state index < -0.39 is 59.7 Å². The van der Waals surface area contributed by atoms with Crippen LogP contribution in [0, 0.1) is 11.8 Å². The first-order chi connectivity index (χ1) is 26.8. The molecule has 12 heteroatoms. The van der Waals surface area contributed by atoms with Gasteiger partial charge in [-0.25, -0.2) is 9.59 Å². The summed E-state index contributed by atoms with van der Waals surface area (Å²) in [6.07, 6.45) is 0.258. The second-order valence-corrected chi connectivity index (χ2v) is 14.0. The summed E-state index contributed by atoms with van der Waals surface area (Å²) < 4.78 is 9.82. The third-order valence-corrected chi connectivity index (χ3v) is 9.28. The number of carbonyl (C=O) groups is 6. The number of rotatable bonds is 17. The minimum atomic E-state index is -1.08. The normalized spacial score (nSPS) is 13.1. The molecule has 4 atom stereocenters. The molecule has 0 fully saturated rings. The fourth-order valence-electron chi connectivity index (χ4n) is 6.18. The number of hydrogen-bond donors (Lipinski definition) is 4. The van der Waals surface area contributed by atoms with Gasteiger partial charge in [-0.1, -0.05) is 125 Å². The monoisotopic (exact) mass is 762 g/mol. The molecule has 0 spiro atoms. The second-order valence-electron chi connectivity index (χ2n) is 14.0. The fraction of sp³-hybridized carbons (Fsp3) is 0.318. The largest absolute Gasteiger partial charge is 0.467 e. The Bertz CT molecular complexity index is 1840. The average molecular weight is 763 g/mol. The Labute approximate surface area is 327 Å². The number of methoxy groups -OCH3 is 2. The maximum Gasteiger partial charge on any atom is 0.328 e. The highest BCUT2D eigenvalue weighted by atomic mass is 16.5. The quantitative estimate of drug-likeness (QED) is 0.113. The fourth-order valence-corrected chi connectivity index (χ4v) is 6.18. The first-order valence-electron chi connectivity index (χ1n) is 18.5. The highest BCUT2D eigenvalue weighted by Crippen LogP contribution is 2.28. The molecule has 4 rings (SSSR count). The number of ether oxygens (including phenoxy) is 2. The SMILES string of the molecule is COC(=O)[C@@H](NC(=O)[C@H](Cc1ccccc1)NC(=O)c1ccccc1-c1ccccc1C(=O)N[C@@H](Cc1ccccc1)C(=O)N[C@H](C(=O)OC)C(C)C)C(C)C. The Hall–Kier alpha value is -6.30. The first-order valence-corrected chi connectivity index (χ1v) is 18.5. The molecular weight excluding hydrogens is 713 g/mol. The molecular formula is C44H50N4O8. The van der Waals surface area contributed by atoms with Crippen LogP contribution < -0.4 is 21.3 Å². The lowest BCUT2D eigenvalue weighted by molar-refractivity contribution is -0.147. The number of nitrogens with one attached hydrogen (secondary N) is 4. The van der Waals surface area contributed by atoms with E-state index in [1.54, 1.807) is 76.2 Å². The first kappa shape index (κ1) is 42.4. The van der Waals surface area contributed by atoms with Crippen molar-refractivity contribution < 1.29 is 38.2 Å². The molecule has 4 aromatic rings. The standard InChI is InChI=1S/C44H50N4O8/c1-27(2)37(43(53)55-5)47-41(51)35(25-29-17-9-7-10-18-29)45-39(49)33-23-15-13-21-31(33)32-22-14-16-24-34(32)40(50)46-36(26-30-19-11-8-12-20-30)42(52)48-38(28(3)4)44(54)56-6/h7-24,27-28,35-38H,25-26H2,1-6H3,(H,45,49)(H,46,50)(H,47,51)(H,48,52)/t35-,36-,37-,38-/m0/s1. The van der Waals surface area contributed by atoms with Crippen molar-refractivity contribution in [2.45, 2.75) is 64.7 Å². The topological polar surface area (TPSA) is 169 Å². The summed E-state index contributed by atoms with van der Waals surface area (Å²) in [4.78, 5) is 80.9. The molecule has 0 saturated carbocycles. The van der Waals surface area contributed by atoms with Crippen LogP contribution in [0.5, 0.6) is 0 Å². The van der Waals surface area contributed by atoms with Gasteiger partial charge in [-0.15, -0.1) is 0 Å². The van der Waals surface area contributed by atoms with E-state index in [1.807, 2.05) is 60.7 Å². The Kier molecular flexibility index (Phi) is 15.5. The highest BCUT2D eigenvalue weighted by molar-refractivity contribution is 6.08. The molecule has 0 aliphatic rings. The summed E-state index contributed by atoms with van der Waals surface area (Å²) in [5, 5.41) is 11.2. The number of hydrogen-bond acceptors (Lipinski definition) is 8. The van der Waals surface area contributed by atoms with Crippen LogP contribution in [0.2, 0.25) is 0 Å². The molecule has 12 nitrogen and oxygen atoms in total. The minimum absolute atomic E-state index is 0.129. The molecule has 0 aliphatic carbocycles. The van der Waals surface area contributed by atoms with E-state index in [0.29, 0.717) is 11.1 Å². The average Bonchev–Trinajstić information content (AvgIpc) is 3.21. The molecule has 4 amide bonds. The predicted octanol–water partition coefficient (Wildman–Crippen LogP) is 4.66. The Morgan fingerprint density at radius 3 is 1.11 bits per heavy atom. The van der Waals surface area contributed by atoms with Gasteiger partial charge in [-0.05, 0) is 46.2 Å². The van der Waals surface area contributed by atoms with Gasteiger partial charge in [0, 0.05) is 24.0 Å². The van der Waals surface area contributed by atoms with Gasteiger partial charge in [0.2, 0.25) is 11.8 Å². The van der Waals surface area contributed by atoms with Gasteiger partial charge in [0.05, 0.1) is 14.2 Å². The lowest BCUT2D eigenvalue weighted by atomic mass is 9.93. The molecule has 4 N–H and O–H groups in total. The minimum Gasteiger partial charge on any atom is -0.467 e. The zero-order chi connectivity index (χ0) is 40.8. The van der Waals surface area contributed by atoms with E-state index in [1.165, 1.54) is 14.2 Å². The maximum absolute atomic E-state index is 14.2. The number of benzene rings is 4. The zero-order valence-electron chi connectivity index (χ0n) is 32.5. The van der Waals surface area contributed by atoms with Crippen molar-refractivity contribution in [3.63, 3.8) is 0 Å². The number of amides is 4. The van der Waals surface area contributed by atoms with Crippen LogP contribution in [0.3, 0.4) is 0 Å². The summed E-state index contributed by atoms with van der Waals surface area (Å²) in [6.45, 7) is 7.10. The summed E-state index contributed by atoms with van der Waals surface area (Å²) in [6, 6.07) is 27.6. The summed E-state index contributed by atoms with van der Waals surface area (Å²) in [7, 11) is 2.49. The van der Waals surface area contributed by atoms with Crippen molar-refractivity contribution in [2.75, 3.05) is 14.2 Å². The molecule has 0 unspecified atom stereocenters. The van der Waals surface area contributed by atoms with Crippen molar-refractivity contribution in [1.82, 2.24) is 21.3 Å². The lowest BCUT2D eigenvalue weighted by Crippen LogP contribution is -2.54. The third-order valence-electron chi connectivity index (χ3n) is 9.28. The molecule has 0 heterocycles. The van der Waals surface area contributed by atoms with Crippen LogP contribution in [0.15, 0.2) is 109 Å². The van der Waals surface area contributed by atoms with Crippen molar-refractivity contribution in [1.29, 1.82) is 0 Å². The van der Waals surface area contributed by atoms with Crippen molar-refractivity contribution >= 4 is 35.6 Å². The van der Waals surface area contributed by atoms with Crippen LogP contribution in [-0.2, 0) is 41.5 Å². The summed E-state index contributed by atoms with van der Waals surface area (Å²) >= 11 is 0. The second kappa shape index (κ2) is 20.4. The zero-order valence-corrected chi connectivity index (χ0v) is 32.5. The molecule has 0 aliphatic heterocycles. The Balaban J connectivity index is 1.66. The van der Waals surface area contributed by atoms with E-state index in [9.17, 15) is 28.8 Å². The van der Waals surface area contributed by atoms with Crippen LogP contribution in [-0.4, -0.2) is 74.0 Å². The Morgan fingerprint density at radius 1 is 0.464 bits per heavy atom. The molecule has 294 valence electrons. The van der Waals surface area contributed by atoms with Crippen LogP contribution in [0.25, 0.3) is 11.1 Å². The molecule has 4 aromatic carbocycles. The van der Waals surface area contributed by atoms with Gasteiger partial charge in [-0.2, -0.15) is 0 Å². The molecule has 56 heavy (non-hydrogen) atoms. The Morgan fingerprint density at radius 2 is 0.786 bits per heavy atom. The van der Waals surface area contributed by atoms with Crippen LogP contribution in [0.4, 0.5) is 0 Å². The molecule has 0 saturated heterocycles. The van der Waals surface area contributed by atoms with Crippen molar-refractivity contribution in [3.05, 3.63) is 131 Å². The summed E-state index contributed by atoms with van der Waals surface area (Å²) in [5.74, 6) is -4.10. The van der Waals surface area contributed by atoms with Gasteiger partial charge in [-0.3, -0.25) is 19.2 Å². The summed E-state index contributed by atoms with van der Waals surface area (Å²) in [5.41, 5.74) is 2.73. The van der Waals surface area contributed by atoms with Gasteiger partial charge >= 0.3 is 11.9 Å². The smallest absolute Gasteiger partial charge is 0.328 e. The predicted molar refractivity (Wildman–Crippen MR) is 212 cm³/mol. The van der Waals surface area contributed by atoms with Gasteiger partial charge in [0.25, 0.3) is 11.8 Å². The van der Waals surface area contributed by atoms with E-state index in [2.05, 4.69) is 21.3 Å². The van der Waals surface area contributed by atoms with Crippen molar-refractivity contribution in [2.24, 2.45) is 11.8 Å². The molecule has 0 bridgehead atoms. The highest BCUT2D eigenvalue weighted by Gasteiger charge is 2.32.